The van der Waals surface area contributed by atoms with Crippen molar-refractivity contribution in [3.63, 3.8) is 0 Å². The number of nitro groups is 1. The van der Waals surface area contributed by atoms with E-state index in [0.29, 0.717) is 11.4 Å². The maximum Gasteiger partial charge on any atom is 0.373 e. The van der Waals surface area contributed by atoms with Crippen LogP contribution in [0.2, 0.25) is 0 Å². The molecule has 0 saturated carbocycles. The molecule has 0 atom stereocenters. The van der Waals surface area contributed by atoms with Crippen molar-refractivity contribution in [1.82, 2.24) is 9.97 Å². The summed E-state index contributed by atoms with van der Waals surface area (Å²) in [5.41, 5.74) is 0.309. The Kier molecular flexibility index (Phi) is 4.86. The van der Waals surface area contributed by atoms with Crippen LogP contribution in [0.25, 0.3) is 10.8 Å². The molecule has 4 aromatic rings. The van der Waals surface area contributed by atoms with Crippen LogP contribution in [0, 0.1) is 10.1 Å². The monoisotopic (exact) mass is 436 g/mol. The Morgan fingerprint density at radius 1 is 0.964 bits per heavy atom. The van der Waals surface area contributed by atoms with Crippen molar-refractivity contribution in [2.24, 2.45) is 0 Å². The lowest BCUT2D eigenvalue weighted by atomic mass is 10.1. The summed E-state index contributed by atoms with van der Waals surface area (Å²) in [5, 5.41) is 16.7. The molecular weight excluding hydrogens is 424 g/mol. The molecule has 0 radical (unpaired) electrons. The van der Waals surface area contributed by atoms with E-state index in [4.69, 9.17) is 4.74 Å². The molecule has 0 bridgehead atoms. The first-order chi connectivity index (χ1) is 13.6. The summed E-state index contributed by atoms with van der Waals surface area (Å²) in [6, 6.07) is 20.5. The van der Waals surface area contributed by atoms with Crippen LogP contribution in [0.1, 0.15) is 0 Å². The zero-order valence-corrected chi connectivity index (χ0v) is 16.0. The van der Waals surface area contributed by atoms with Crippen molar-refractivity contribution < 1.29 is 9.66 Å². The SMILES string of the molecule is O=[N+]([O-])c1c(Nc2cccc(Br)c2)ncnc1Oc1ccc2ccccc2c1. The van der Waals surface area contributed by atoms with Gasteiger partial charge in [0.25, 0.3) is 0 Å². The minimum absolute atomic E-state index is 0.0499. The summed E-state index contributed by atoms with van der Waals surface area (Å²) in [4.78, 5) is 19.1. The Labute approximate surface area is 168 Å². The summed E-state index contributed by atoms with van der Waals surface area (Å²) in [6.07, 6.45) is 1.23. The molecule has 0 unspecified atom stereocenters. The number of anilines is 2. The largest absolute Gasteiger partial charge is 0.434 e. The molecule has 1 aromatic heterocycles. The molecule has 8 heteroatoms. The maximum absolute atomic E-state index is 11.7. The highest BCUT2D eigenvalue weighted by molar-refractivity contribution is 9.10. The number of halogens is 1. The number of hydrogen-bond acceptors (Lipinski definition) is 6. The zero-order chi connectivity index (χ0) is 19.5. The predicted octanol–water partition coefficient (Wildman–Crippen LogP) is 5.84. The van der Waals surface area contributed by atoms with Gasteiger partial charge in [-0.25, -0.2) is 4.98 Å². The molecule has 7 nitrogen and oxygen atoms in total. The molecule has 4 rings (SSSR count). The Hall–Kier alpha value is -3.52. The minimum atomic E-state index is -0.559. The van der Waals surface area contributed by atoms with Crippen molar-refractivity contribution in [3.05, 3.63) is 87.6 Å². The lowest BCUT2D eigenvalue weighted by Gasteiger charge is -2.10. The summed E-state index contributed by atoms with van der Waals surface area (Å²) in [5.74, 6) is 0.371. The molecule has 0 amide bonds. The first kappa shape index (κ1) is 17.9. The standard InChI is InChI=1S/C20H13BrN4O3/c21-15-6-3-7-16(11-15)24-19-18(25(26)27)20(23-12-22-19)28-17-9-8-13-4-1-2-5-14(13)10-17/h1-12H,(H,22,23,24). The van der Waals surface area contributed by atoms with Gasteiger partial charge in [-0.05, 0) is 41.1 Å². The van der Waals surface area contributed by atoms with Gasteiger partial charge in [0.15, 0.2) is 0 Å². The second kappa shape index (κ2) is 7.61. The van der Waals surface area contributed by atoms with Crippen LogP contribution in [0.4, 0.5) is 17.2 Å². The van der Waals surface area contributed by atoms with Gasteiger partial charge in [-0.1, -0.05) is 52.3 Å². The van der Waals surface area contributed by atoms with E-state index < -0.39 is 4.92 Å². The highest BCUT2D eigenvalue weighted by Crippen LogP contribution is 2.36. The number of hydrogen-bond donors (Lipinski definition) is 1. The maximum atomic E-state index is 11.7. The van der Waals surface area contributed by atoms with Gasteiger partial charge in [-0.15, -0.1) is 0 Å². The first-order valence-electron chi connectivity index (χ1n) is 8.29. The van der Waals surface area contributed by atoms with Gasteiger partial charge in [0.1, 0.15) is 12.1 Å². The van der Waals surface area contributed by atoms with E-state index in [1.807, 2.05) is 48.5 Å². The number of aromatic nitrogens is 2. The second-order valence-corrected chi connectivity index (χ2v) is 6.80. The fourth-order valence-corrected chi connectivity index (χ4v) is 3.14. The summed E-state index contributed by atoms with van der Waals surface area (Å²) in [7, 11) is 0. The number of benzene rings is 3. The van der Waals surface area contributed by atoms with Gasteiger partial charge >= 0.3 is 11.6 Å². The topological polar surface area (TPSA) is 90.2 Å². The molecule has 0 spiro atoms. The van der Waals surface area contributed by atoms with E-state index in [2.05, 4.69) is 31.2 Å². The Balaban J connectivity index is 1.71. The number of nitrogens with one attached hydrogen (secondary N) is 1. The van der Waals surface area contributed by atoms with E-state index in [0.717, 1.165) is 15.2 Å². The first-order valence-corrected chi connectivity index (χ1v) is 9.08. The van der Waals surface area contributed by atoms with E-state index in [1.165, 1.54) is 6.33 Å². The van der Waals surface area contributed by atoms with E-state index in [-0.39, 0.29) is 17.4 Å². The van der Waals surface area contributed by atoms with Crippen molar-refractivity contribution in [1.29, 1.82) is 0 Å². The highest BCUT2D eigenvalue weighted by Gasteiger charge is 2.25. The summed E-state index contributed by atoms with van der Waals surface area (Å²) < 4.78 is 6.57. The molecule has 0 fully saturated rings. The number of fused-ring (bicyclic) bond motifs is 1. The van der Waals surface area contributed by atoms with Crippen molar-refractivity contribution in [2.45, 2.75) is 0 Å². The van der Waals surface area contributed by atoms with Crippen LogP contribution in [-0.4, -0.2) is 14.9 Å². The van der Waals surface area contributed by atoms with E-state index in [1.54, 1.807) is 18.2 Å². The molecule has 28 heavy (non-hydrogen) atoms. The van der Waals surface area contributed by atoms with Crippen LogP contribution in [0.15, 0.2) is 77.5 Å². The summed E-state index contributed by atoms with van der Waals surface area (Å²) >= 11 is 3.37. The zero-order valence-electron chi connectivity index (χ0n) is 14.4. The molecule has 3 aromatic carbocycles. The molecule has 0 aliphatic rings. The smallest absolute Gasteiger partial charge is 0.373 e. The third kappa shape index (κ3) is 3.77. The lowest BCUT2D eigenvalue weighted by molar-refractivity contribution is -0.385. The van der Waals surface area contributed by atoms with Gasteiger partial charge < -0.3 is 10.1 Å². The van der Waals surface area contributed by atoms with Crippen molar-refractivity contribution in [2.75, 3.05) is 5.32 Å². The van der Waals surface area contributed by atoms with E-state index in [9.17, 15) is 10.1 Å². The Bertz CT molecular complexity index is 1180. The number of nitrogens with zero attached hydrogens (tertiary/aromatic N) is 3. The molecule has 138 valence electrons. The molecule has 0 aliphatic heterocycles. The molecule has 1 N–H and O–H groups in total. The van der Waals surface area contributed by atoms with E-state index >= 15 is 0 Å². The Morgan fingerprint density at radius 2 is 1.79 bits per heavy atom. The molecular formula is C20H13BrN4O3. The van der Waals surface area contributed by atoms with Gasteiger partial charge in [0.05, 0.1) is 4.92 Å². The third-order valence-electron chi connectivity index (χ3n) is 3.99. The Morgan fingerprint density at radius 3 is 2.57 bits per heavy atom. The van der Waals surface area contributed by atoms with Gasteiger partial charge in [-0.3, -0.25) is 10.1 Å². The molecule has 0 saturated heterocycles. The van der Waals surface area contributed by atoms with Crippen LogP contribution in [-0.2, 0) is 0 Å². The third-order valence-corrected chi connectivity index (χ3v) is 4.49. The quantitative estimate of drug-likeness (QED) is 0.312. The lowest BCUT2D eigenvalue weighted by Crippen LogP contribution is -2.03. The van der Waals surface area contributed by atoms with Crippen LogP contribution >= 0.6 is 15.9 Å². The van der Waals surface area contributed by atoms with Gasteiger partial charge in [0.2, 0.25) is 5.82 Å². The number of ether oxygens (including phenoxy) is 1. The number of rotatable bonds is 5. The summed E-state index contributed by atoms with van der Waals surface area (Å²) in [6.45, 7) is 0. The second-order valence-electron chi connectivity index (χ2n) is 5.88. The average Bonchev–Trinajstić information content (AvgIpc) is 2.68. The van der Waals surface area contributed by atoms with Crippen LogP contribution in [0.5, 0.6) is 11.6 Å². The normalized spacial score (nSPS) is 10.6. The highest BCUT2D eigenvalue weighted by atomic mass is 79.9. The fourth-order valence-electron chi connectivity index (χ4n) is 2.74. The van der Waals surface area contributed by atoms with Gasteiger partial charge in [0, 0.05) is 10.2 Å². The fraction of sp³-hybridized carbons (Fsp3) is 0. The van der Waals surface area contributed by atoms with Gasteiger partial charge in [-0.2, -0.15) is 4.98 Å². The van der Waals surface area contributed by atoms with Crippen molar-refractivity contribution >= 4 is 43.9 Å². The van der Waals surface area contributed by atoms with Crippen molar-refractivity contribution in [3.8, 4) is 11.6 Å². The van der Waals surface area contributed by atoms with Crippen LogP contribution < -0.4 is 10.1 Å². The predicted molar refractivity (Wildman–Crippen MR) is 110 cm³/mol. The minimum Gasteiger partial charge on any atom is -0.434 e. The molecule has 0 aliphatic carbocycles. The van der Waals surface area contributed by atoms with Crippen LogP contribution in [0.3, 0.4) is 0 Å². The average molecular weight is 437 g/mol. The molecule has 1 heterocycles.